The highest BCUT2D eigenvalue weighted by Gasteiger charge is 2.08. The second-order valence-electron chi connectivity index (χ2n) is 4.10. The second-order valence-corrected chi connectivity index (χ2v) is 4.89. The van der Waals surface area contributed by atoms with E-state index in [2.05, 4.69) is 34.0 Å². The van der Waals surface area contributed by atoms with Crippen LogP contribution in [-0.2, 0) is 6.42 Å². The first kappa shape index (κ1) is 11.6. The van der Waals surface area contributed by atoms with Gasteiger partial charge in [-0.2, -0.15) is 5.10 Å². The number of fused-ring (bicyclic) bond motifs is 1. The van der Waals surface area contributed by atoms with E-state index < -0.39 is 0 Å². The number of hydrogen-bond acceptors (Lipinski definition) is 1. The van der Waals surface area contributed by atoms with Crippen LogP contribution >= 0.6 is 15.9 Å². The minimum absolute atomic E-state index is 1.07. The summed E-state index contributed by atoms with van der Waals surface area (Å²) in [5, 5.41) is 4.58. The van der Waals surface area contributed by atoms with Crippen molar-refractivity contribution >= 4 is 21.4 Å². The molecule has 3 heteroatoms. The lowest BCUT2D eigenvalue weighted by atomic mass is 10.1. The van der Waals surface area contributed by atoms with E-state index >= 15 is 0 Å². The van der Waals surface area contributed by atoms with E-state index in [0.717, 1.165) is 16.4 Å². The molecule has 2 aromatic rings. The van der Waals surface area contributed by atoms with Crippen LogP contribution in [0.2, 0.25) is 0 Å². The first-order valence-corrected chi connectivity index (χ1v) is 6.74. The largest absolute Gasteiger partial charge is 0.240 e. The fourth-order valence-corrected chi connectivity index (χ4v) is 2.49. The van der Waals surface area contributed by atoms with E-state index in [9.17, 15) is 0 Å². The molecule has 0 aliphatic rings. The fraction of sp³-hybridized carbons (Fsp3) is 0.462. The highest BCUT2D eigenvalue weighted by Crippen LogP contribution is 2.23. The number of pyridine rings is 1. The molecule has 0 aromatic carbocycles. The van der Waals surface area contributed by atoms with E-state index in [1.165, 1.54) is 31.4 Å². The quantitative estimate of drug-likeness (QED) is 0.750. The smallest absolute Gasteiger partial charge is 0.0806 e. The van der Waals surface area contributed by atoms with Crippen molar-refractivity contribution in [3.8, 4) is 0 Å². The molecule has 0 aliphatic carbocycles. The molecular formula is C13H17BrN2. The van der Waals surface area contributed by atoms with Crippen molar-refractivity contribution in [1.29, 1.82) is 0 Å². The van der Waals surface area contributed by atoms with Gasteiger partial charge < -0.3 is 0 Å². The number of unbranched alkanes of at least 4 members (excludes halogenated alkanes) is 3. The van der Waals surface area contributed by atoms with Crippen LogP contribution in [0.4, 0.5) is 0 Å². The van der Waals surface area contributed by atoms with Crippen molar-refractivity contribution in [2.45, 2.75) is 39.0 Å². The summed E-state index contributed by atoms with van der Waals surface area (Å²) >= 11 is 3.64. The van der Waals surface area contributed by atoms with Crippen molar-refractivity contribution < 1.29 is 0 Å². The molecule has 0 unspecified atom stereocenters. The number of aromatic nitrogens is 2. The van der Waals surface area contributed by atoms with Crippen molar-refractivity contribution in [2.75, 3.05) is 0 Å². The number of rotatable bonds is 5. The molecule has 2 aromatic heterocycles. The minimum atomic E-state index is 1.07. The van der Waals surface area contributed by atoms with Crippen LogP contribution in [-0.4, -0.2) is 9.61 Å². The van der Waals surface area contributed by atoms with Gasteiger partial charge in [-0.3, -0.25) is 0 Å². The highest BCUT2D eigenvalue weighted by atomic mass is 79.9. The molecule has 0 aliphatic heterocycles. The van der Waals surface area contributed by atoms with E-state index in [-0.39, 0.29) is 0 Å². The van der Waals surface area contributed by atoms with Crippen molar-refractivity contribution in [3.63, 3.8) is 0 Å². The minimum Gasteiger partial charge on any atom is -0.240 e. The average Bonchev–Trinajstić information content (AvgIpc) is 2.63. The van der Waals surface area contributed by atoms with Crippen molar-refractivity contribution in [2.24, 2.45) is 0 Å². The van der Waals surface area contributed by atoms with Gasteiger partial charge in [0.15, 0.2) is 0 Å². The average molecular weight is 281 g/mol. The molecule has 2 rings (SSSR count). The number of halogens is 1. The Morgan fingerprint density at radius 3 is 2.88 bits per heavy atom. The van der Waals surface area contributed by atoms with E-state index in [1.807, 2.05) is 22.8 Å². The van der Waals surface area contributed by atoms with Crippen LogP contribution in [0.25, 0.3) is 5.52 Å². The summed E-state index contributed by atoms with van der Waals surface area (Å²) in [6.45, 7) is 2.24. The number of hydrogen-bond donors (Lipinski definition) is 0. The lowest BCUT2D eigenvalue weighted by Gasteiger charge is -1.97. The Morgan fingerprint density at radius 1 is 1.25 bits per heavy atom. The fourth-order valence-electron chi connectivity index (χ4n) is 1.90. The van der Waals surface area contributed by atoms with Gasteiger partial charge in [0.05, 0.1) is 15.7 Å². The van der Waals surface area contributed by atoms with Crippen LogP contribution in [0.15, 0.2) is 28.9 Å². The van der Waals surface area contributed by atoms with Crippen molar-refractivity contribution in [1.82, 2.24) is 9.61 Å². The second kappa shape index (κ2) is 5.48. The summed E-state index contributed by atoms with van der Waals surface area (Å²) in [5.74, 6) is 0. The maximum atomic E-state index is 4.58. The van der Waals surface area contributed by atoms with Crippen LogP contribution in [0.3, 0.4) is 0 Å². The van der Waals surface area contributed by atoms with Gasteiger partial charge in [0.25, 0.3) is 0 Å². The molecule has 0 N–H and O–H groups in total. The monoisotopic (exact) mass is 280 g/mol. The zero-order chi connectivity index (χ0) is 11.4. The summed E-state index contributed by atoms with van der Waals surface area (Å²) in [6.07, 6.45) is 8.21. The van der Waals surface area contributed by atoms with Crippen molar-refractivity contribution in [3.05, 3.63) is 34.6 Å². The first-order valence-electron chi connectivity index (χ1n) is 5.94. The van der Waals surface area contributed by atoms with Gasteiger partial charge in [-0.1, -0.05) is 32.3 Å². The Kier molecular flexibility index (Phi) is 3.99. The normalized spacial score (nSPS) is 11.1. The van der Waals surface area contributed by atoms with E-state index in [0.29, 0.717) is 0 Å². The molecule has 0 amide bonds. The van der Waals surface area contributed by atoms with Gasteiger partial charge in [0, 0.05) is 6.20 Å². The molecule has 2 heterocycles. The molecule has 0 fully saturated rings. The zero-order valence-electron chi connectivity index (χ0n) is 9.62. The summed E-state index contributed by atoms with van der Waals surface area (Å²) < 4.78 is 3.10. The molecular weight excluding hydrogens is 264 g/mol. The third kappa shape index (κ3) is 2.46. The Labute approximate surface area is 105 Å². The lowest BCUT2D eigenvalue weighted by molar-refractivity contribution is 0.657. The summed E-state index contributed by atoms with van der Waals surface area (Å²) in [4.78, 5) is 0. The first-order chi connectivity index (χ1) is 7.83. The van der Waals surface area contributed by atoms with Gasteiger partial charge in [0.2, 0.25) is 0 Å². The predicted octanol–water partition coefficient (Wildman–Crippen LogP) is 4.22. The molecule has 0 spiro atoms. The summed E-state index contributed by atoms with van der Waals surface area (Å²) in [5.41, 5.74) is 2.34. The highest BCUT2D eigenvalue weighted by molar-refractivity contribution is 9.10. The zero-order valence-corrected chi connectivity index (χ0v) is 11.2. The van der Waals surface area contributed by atoms with Crippen LogP contribution in [0.5, 0.6) is 0 Å². The van der Waals surface area contributed by atoms with Gasteiger partial charge in [0.1, 0.15) is 0 Å². The van der Waals surface area contributed by atoms with Gasteiger partial charge in [-0.05, 0) is 40.9 Å². The molecule has 0 saturated heterocycles. The maximum absolute atomic E-state index is 4.58. The summed E-state index contributed by atoms with van der Waals surface area (Å²) in [7, 11) is 0. The SMILES string of the molecule is CCCCCCc1nn2ccccc2c1Br. The Bertz CT molecular complexity index is 462. The topological polar surface area (TPSA) is 17.3 Å². The molecule has 16 heavy (non-hydrogen) atoms. The lowest BCUT2D eigenvalue weighted by Crippen LogP contribution is -1.89. The molecule has 0 atom stereocenters. The van der Waals surface area contributed by atoms with Crippen LogP contribution in [0.1, 0.15) is 38.3 Å². The van der Waals surface area contributed by atoms with Crippen LogP contribution in [0, 0.1) is 0 Å². The Morgan fingerprint density at radius 2 is 2.12 bits per heavy atom. The number of nitrogens with zero attached hydrogens (tertiary/aromatic N) is 2. The summed E-state index contributed by atoms with van der Waals surface area (Å²) in [6, 6.07) is 6.14. The maximum Gasteiger partial charge on any atom is 0.0806 e. The number of aryl methyl sites for hydroxylation is 1. The van der Waals surface area contributed by atoms with E-state index in [1.54, 1.807) is 0 Å². The van der Waals surface area contributed by atoms with E-state index in [4.69, 9.17) is 0 Å². The Hall–Kier alpha value is -0.830. The molecule has 0 saturated carbocycles. The third-order valence-electron chi connectivity index (χ3n) is 2.81. The Balaban J connectivity index is 2.09. The molecule has 86 valence electrons. The van der Waals surface area contributed by atoms with Gasteiger partial charge >= 0.3 is 0 Å². The predicted molar refractivity (Wildman–Crippen MR) is 70.7 cm³/mol. The molecule has 0 radical (unpaired) electrons. The standard InChI is InChI=1S/C13H17BrN2/c1-2-3-4-5-8-11-13(14)12-9-6-7-10-16(12)15-11/h6-7,9-10H,2-5,8H2,1H3. The van der Waals surface area contributed by atoms with Gasteiger partial charge in [-0.25, -0.2) is 4.52 Å². The molecule has 0 bridgehead atoms. The van der Waals surface area contributed by atoms with Crippen LogP contribution < -0.4 is 0 Å². The van der Waals surface area contributed by atoms with Gasteiger partial charge in [-0.15, -0.1) is 0 Å². The third-order valence-corrected chi connectivity index (χ3v) is 3.68. The molecule has 2 nitrogen and oxygen atoms in total.